The van der Waals surface area contributed by atoms with Gasteiger partial charge in [-0.15, -0.1) is 0 Å². The fourth-order valence-electron chi connectivity index (χ4n) is 5.16. The Morgan fingerprint density at radius 3 is 2.26 bits per heavy atom. The lowest BCUT2D eigenvalue weighted by atomic mass is 9.89. The number of piperidine rings is 1. The second-order valence-corrected chi connectivity index (χ2v) is 9.10. The molecule has 0 bridgehead atoms. The topological polar surface area (TPSA) is 99.5 Å². The zero-order chi connectivity index (χ0) is 24.9. The second kappa shape index (κ2) is 11.1. The monoisotopic (exact) mass is 482 g/mol. The largest absolute Gasteiger partial charge is 0.508 e. The van der Waals surface area contributed by atoms with E-state index < -0.39 is 5.78 Å². The lowest BCUT2D eigenvalue weighted by Gasteiger charge is -2.40. The molecule has 0 aromatic heterocycles. The molecule has 0 spiro atoms. The first-order chi connectivity index (χ1) is 16.9. The van der Waals surface area contributed by atoms with E-state index in [0.29, 0.717) is 48.0 Å². The summed E-state index contributed by atoms with van der Waals surface area (Å²) in [5, 5.41) is 21.2. The molecule has 35 heavy (non-hydrogen) atoms. The molecule has 2 saturated heterocycles. The van der Waals surface area contributed by atoms with E-state index in [1.54, 1.807) is 31.4 Å². The Balaban J connectivity index is 1.55. The lowest BCUT2D eigenvalue weighted by molar-refractivity contribution is -0.132. The van der Waals surface area contributed by atoms with Crippen molar-refractivity contribution in [3.8, 4) is 17.2 Å². The van der Waals surface area contributed by atoms with Gasteiger partial charge in [-0.3, -0.25) is 14.5 Å². The standard InChI is InChI=1S/C27H34N2O6/c1-3-21-22(16-25(32)29-10-8-19(9-11-29)28-12-14-35-15-13-28)26(24(31)17-23(21)30)27(33)18-4-6-20(34-2)7-5-18/h4-7,17,19,30-31H,3,8-16H2,1-2H3. The van der Waals surface area contributed by atoms with Crippen LogP contribution in [0.1, 0.15) is 46.8 Å². The number of phenols is 2. The van der Waals surface area contributed by atoms with Gasteiger partial charge in [0.1, 0.15) is 17.2 Å². The van der Waals surface area contributed by atoms with E-state index in [-0.39, 0.29) is 29.4 Å². The zero-order valence-electron chi connectivity index (χ0n) is 20.5. The van der Waals surface area contributed by atoms with Gasteiger partial charge in [-0.1, -0.05) is 6.92 Å². The first-order valence-electron chi connectivity index (χ1n) is 12.3. The maximum atomic E-state index is 13.4. The number of amides is 1. The van der Waals surface area contributed by atoms with Crippen LogP contribution >= 0.6 is 0 Å². The molecular weight excluding hydrogens is 448 g/mol. The third-order valence-electron chi connectivity index (χ3n) is 7.14. The van der Waals surface area contributed by atoms with Gasteiger partial charge < -0.3 is 24.6 Å². The normalized spacial score (nSPS) is 17.4. The van der Waals surface area contributed by atoms with Crippen molar-refractivity contribution < 1.29 is 29.3 Å². The van der Waals surface area contributed by atoms with E-state index in [1.807, 2.05) is 11.8 Å². The minimum absolute atomic E-state index is 0.0510. The molecule has 8 heteroatoms. The average Bonchev–Trinajstić information content (AvgIpc) is 2.89. The molecule has 4 rings (SSSR count). The number of carbonyl (C=O) groups excluding carboxylic acids is 2. The number of likely N-dealkylation sites (tertiary alicyclic amines) is 1. The number of carbonyl (C=O) groups is 2. The Morgan fingerprint density at radius 1 is 1.00 bits per heavy atom. The summed E-state index contributed by atoms with van der Waals surface area (Å²) >= 11 is 0. The Bertz CT molecular complexity index is 1050. The van der Waals surface area contributed by atoms with Crippen molar-refractivity contribution in [2.45, 2.75) is 38.6 Å². The molecule has 2 aromatic carbocycles. The van der Waals surface area contributed by atoms with Crippen molar-refractivity contribution in [2.75, 3.05) is 46.5 Å². The third kappa shape index (κ3) is 5.44. The number of phenolic OH excluding ortho intramolecular Hbond substituents is 2. The first kappa shape index (κ1) is 25.0. The van der Waals surface area contributed by atoms with Crippen LogP contribution in [0.2, 0.25) is 0 Å². The number of ether oxygens (including phenoxy) is 2. The lowest BCUT2D eigenvalue weighted by Crippen LogP contribution is -2.50. The molecule has 188 valence electrons. The number of rotatable bonds is 7. The van der Waals surface area contributed by atoms with E-state index >= 15 is 0 Å². The molecule has 0 aliphatic carbocycles. The van der Waals surface area contributed by atoms with Crippen LogP contribution in [-0.4, -0.2) is 84.2 Å². The number of aromatic hydroxyl groups is 2. The highest BCUT2D eigenvalue weighted by atomic mass is 16.5. The van der Waals surface area contributed by atoms with Gasteiger partial charge in [0.05, 0.1) is 32.3 Å². The second-order valence-electron chi connectivity index (χ2n) is 9.10. The van der Waals surface area contributed by atoms with Gasteiger partial charge in [0.15, 0.2) is 5.78 Å². The van der Waals surface area contributed by atoms with Crippen LogP contribution in [0.15, 0.2) is 30.3 Å². The number of nitrogens with zero attached hydrogens (tertiary/aromatic N) is 2. The van der Waals surface area contributed by atoms with Crippen LogP contribution < -0.4 is 4.74 Å². The van der Waals surface area contributed by atoms with E-state index in [1.165, 1.54) is 6.07 Å². The highest BCUT2D eigenvalue weighted by Crippen LogP contribution is 2.35. The molecule has 0 unspecified atom stereocenters. The van der Waals surface area contributed by atoms with E-state index in [9.17, 15) is 19.8 Å². The van der Waals surface area contributed by atoms with Crippen molar-refractivity contribution >= 4 is 11.7 Å². The van der Waals surface area contributed by atoms with Gasteiger partial charge in [0.2, 0.25) is 5.91 Å². The third-order valence-corrected chi connectivity index (χ3v) is 7.14. The van der Waals surface area contributed by atoms with Crippen molar-refractivity contribution in [1.82, 2.24) is 9.80 Å². The number of ketones is 1. The number of hydrogen-bond donors (Lipinski definition) is 2. The van der Waals surface area contributed by atoms with Gasteiger partial charge in [-0.2, -0.15) is 0 Å². The van der Waals surface area contributed by atoms with Gasteiger partial charge >= 0.3 is 0 Å². The fraction of sp³-hybridized carbons (Fsp3) is 0.481. The highest BCUT2D eigenvalue weighted by molar-refractivity contribution is 6.12. The molecule has 0 atom stereocenters. The molecule has 2 aliphatic heterocycles. The van der Waals surface area contributed by atoms with Crippen LogP contribution in [0, 0.1) is 0 Å². The van der Waals surface area contributed by atoms with E-state index in [2.05, 4.69) is 4.90 Å². The molecule has 0 radical (unpaired) electrons. The Hall–Kier alpha value is -3.10. The van der Waals surface area contributed by atoms with E-state index in [4.69, 9.17) is 9.47 Å². The van der Waals surface area contributed by atoms with Crippen molar-refractivity contribution in [1.29, 1.82) is 0 Å². The van der Waals surface area contributed by atoms with Crippen molar-refractivity contribution in [3.63, 3.8) is 0 Å². The number of hydrogen-bond acceptors (Lipinski definition) is 7. The van der Waals surface area contributed by atoms with Gasteiger partial charge in [0, 0.05) is 43.9 Å². The molecule has 2 aliphatic rings. The number of benzene rings is 2. The van der Waals surface area contributed by atoms with Gasteiger partial charge in [-0.25, -0.2) is 0 Å². The molecule has 2 N–H and O–H groups in total. The molecular formula is C27H34N2O6. The summed E-state index contributed by atoms with van der Waals surface area (Å²) in [4.78, 5) is 31.0. The molecule has 2 heterocycles. The minimum atomic E-state index is -0.395. The minimum Gasteiger partial charge on any atom is -0.508 e. The maximum Gasteiger partial charge on any atom is 0.227 e. The van der Waals surface area contributed by atoms with Crippen molar-refractivity contribution in [3.05, 3.63) is 52.6 Å². The number of morpholine rings is 1. The molecule has 2 aromatic rings. The predicted octanol–water partition coefficient (Wildman–Crippen LogP) is 2.77. The van der Waals surface area contributed by atoms with Crippen LogP contribution in [0.4, 0.5) is 0 Å². The summed E-state index contributed by atoms with van der Waals surface area (Å²) in [7, 11) is 1.55. The Kier molecular flexibility index (Phi) is 7.93. The van der Waals surface area contributed by atoms with E-state index in [0.717, 1.165) is 39.1 Å². The Morgan fingerprint density at radius 2 is 1.66 bits per heavy atom. The summed E-state index contributed by atoms with van der Waals surface area (Å²) < 4.78 is 10.6. The predicted molar refractivity (Wildman–Crippen MR) is 131 cm³/mol. The first-order valence-corrected chi connectivity index (χ1v) is 12.3. The summed E-state index contributed by atoms with van der Waals surface area (Å²) in [5.74, 6) is -0.316. The smallest absolute Gasteiger partial charge is 0.227 e. The molecule has 8 nitrogen and oxygen atoms in total. The quantitative estimate of drug-likeness (QED) is 0.586. The SMILES string of the molecule is CCc1c(O)cc(O)c(C(=O)c2ccc(OC)cc2)c1CC(=O)N1CCC(N2CCOCC2)CC1. The van der Waals surface area contributed by atoms with Crippen LogP contribution in [-0.2, 0) is 22.4 Å². The Labute approximate surface area is 206 Å². The van der Waals surface area contributed by atoms with Gasteiger partial charge in [0.25, 0.3) is 0 Å². The average molecular weight is 483 g/mol. The van der Waals surface area contributed by atoms with Gasteiger partial charge in [-0.05, 0) is 54.7 Å². The van der Waals surface area contributed by atoms with Crippen LogP contribution in [0.5, 0.6) is 17.2 Å². The fourth-order valence-corrected chi connectivity index (χ4v) is 5.16. The van der Waals surface area contributed by atoms with Crippen LogP contribution in [0.25, 0.3) is 0 Å². The number of methoxy groups -OCH3 is 1. The summed E-state index contributed by atoms with van der Waals surface area (Å²) in [6.07, 6.45) is 2.17. The van der Waals surface area contributed by atoms with Crippen LogP contribution in [0.3, 0.4) is 0 Å². The zero-order valence-corrected chi connectivity index (χ0v) is 20.5. The summed E-state index contributed by atoms with van der Waals surface area (Å²) in [6.45, 7) is 6.52. The highest BCUT2D eigenvalue weighted by Gasteiger charge is 2.30. The molecule has 1 amide bonds. The molecule has 2 fully saturated rings. The maximum absolute atomic E-state index is 13.4. The summed E-state index contributed by atoms with van der Waals surface area (Å²) in [5.41, 5.74) is 1.34. The summed E-state index contributed by atoms with van der Waals surface area (Å²) in [6, 6.07) is 8.25. The molecule has 0 saturated carbocycles. The van der Waals surface area contributed by atoms with Crippen molar-refractivity contribution in [2.24, 2.45) is 0 Å².